The topological polar surface area (TPSA) is 26.3 Å². The predicted octanol–water partition coefficient (Wildman–Crippen LogP) is 3.71. The van der Waals surface area contributed by atoms with Crippen molar-refractivity contribution in [1.29, 1.82) is 0 Å². The van der Waals surface area contributed by atoms with Gasteiger partial charge < -0.3 is 4.74 Å². The Hall–Kier alpha value is -0.790. The summed E-state index contributed by atoms with van der Waals surface area (Å²) in [6.45, 7) is 8.63. The summed E-state index contributed by atoms with van der Waals surface area (Å²) in [5, 5.41) is 0. The summed E-state index contributed by atoms with van der Waals surface area (Å²) in [5.41, 5.74) is 1.87. The highest BCUT2D eigenvalue weighted by molar-refractivity contribution is 5.66. The summed E-state index contributed by atoms with van der Waals surface area (Å²) in [7, 11) is 0. The summed E-state index contributed by atoms with van der Waals surface area (Å²) in [4.78, 5) is 11.0. The van der Waals surface area contributed by atoms with Gasteiger partial charge in [-0.05, 0) is 36.5 Å². The first kappa shape index (κ1) is 12.7. The van der Waals surface area contributed by atoms with Gasteiger partial charge in [0.15, 0.2) is 0 Å². The van der Waals surface area contributed by atoms with Gasteiger partial charge in [-0.25, -0.2) is 0 Å². The molecule has 17 heavy (non-hydrogen) atoms. The summed E-state index contributed by atoms with van der Waals surface area (Å²) in [5.74, 6) is 1.37. The van der Waals surface area contributed by atoms with Crippen LogP contribution in [0.15, 0.2) is 11.6 Å². The highest BCUT2D eigenvalue weighted by atomic mass is 16.5. The van der Waals surface area contributed by atoms with Gasteiger partial charge in [0.2, 0.25) is 0 Å². The molecule has 0 aromatic carbocycles. The maximum absolute atomic E-state index is 11.0. The highest BCUT2D eigenvalue weighted by Crippen LogP contribution is 2.52. The Labute approximate surface area is 104 Å². The number of ether oxygens (including phenoxy) is 1. The Morgan fingerprint density at radius 2 is 2.18 bits per heavy atom. The average Bonchev–Trinajstić information content (AvgIpc) is 2.26. The zero-order chi connectivity index (χ0) is 12.6. The molecule has 0 saturated heterocycles. The monoisotopic (exact) mass is 236 g/mol. The fraction of sp³-hybridized carbons (Fsp3) is 0.800. The maximum atomic E-state index is 11.0. The van der Waals surface area contributed by atoms with Crippen LogP contribution < -0.4 is 0 Å². The quantitative estimate of drug-likeness (QED) is 0.512. The highest BCUT2D eigenvalue weighted by Gasteiger charge is 2.43. The van der Waals surface area contributed by atoms with Gasteiger partial charge in [-0.1, -0.05) is 32.4 Å². The first-order valence-electron chi connectivity index (χ1n) is 6.80. The van der Waals surface area contributed by atoms with E-state index >= 15 is 0 Å². The van der Waals surface area contributed by atoms with E-state index in [1.165, 1.54) is 18.9 Å². The molecule has 2 heteroatoms. The third-order valence-electron chi connectivity index (χ3n) is 5.09. The molecular weight excluding hydrogens is 212 g/mol. The van der Waals surface area contributed by atoms with Crippen molar-refractivity contribution in [3.05, 3.63) is 11.6 Å². The number of rotatable bonds is 1. The second-order valence-corrected chi connectivity index (χ2v) is 6.12. The normalized spacial score (nSPS) is 41.4. The van der Waals surface area contributed by atoms with Crippen LogP contribution in [0.25, 0.3) is 0 Å². The van der Waals surface area contributed by atoms with Crippen LogP contribution in [0.2, 0.25) is 0 Å². The molecule has 2 unspecified atom stereocenters. The molecule has 0 heterocycles. The summed E-state index contributed by atoms with van der Waals surface area (Å²) in [6.07, 6.45) is 6.83. The van der Waals surface area contributed by atoms with Crippen LogP contribution in [0.1, 0.15) is 53.4 Å². The van der Waals surface area contributed by atoms with Crippen LogP contribution >= 0.6 is 0 Å². The fourth-order valence-electron chi connectivity index (χ4n) is 3.53. The van der Waals surface area contributed by atoms with E-state index < -0.39 is 0 Å². The third-order valence-corrected chi connectivity index (χ3v) is 5.09. The molecule has 0 N–H and O–H groups in total. The number of hydrogen-bond donors (Lipinski definition) is 0. The lowest BCUT2D eigenvalue weighted by Crippen LogP contribution is -2.40. The van der Waals surface area contributed by atoms with Gasteiger partial charge >= 0.3 is 5.97 Å². The molecule has 1 fully saturated rings. The number of fused-ring (bicyclic) bond motifs is 1. The van der Waals surface area contributed by atoms with Gasteiger partial charge in [0.05, 0.1) is 0 Å². The molecule has 4 atom stereocenters. The van der Waals surface area contributed by atoms with Gasteiger partial charge in [0.1, 0.15) is 6.10 Å². The van der Waals surface area contributed by atoms with E-state index in [2.05, 4.69) is 26.8 Å². The molecular formula is C15H24O2. The van der Waals surface area contributed by atoms with Crippen molar-refractivity contribution in [1.82, 2.24) is 0 Å². The maximum Gasteiger partial charge on any atom is 0.302 e. The van der Waals surface area contributed by atoms with E-state index in [1.807, 2.05) is 0 Å². The predicted molar refractivity (Wildman–Crippen MR) is 68.5 cm³/mol. The lowest BCUT2D eigenvalue weighted by molar-refractivity contribution is -0.148. The van der Waals surface area contributed by atoms with Gasteiger partial charge in [0, 0.05) is 13.3 Å². The molecule has 2 nitrogen and oxygen atoms in total. The smallest absolute Gasteiger partial charge is 0.302 e. The number of esters is 1. The van der Waals surface area contributed by atoms with Gasteiger partial charge in [-0.3, -0.25) is 4.79 Å². The molecule has 0 aromatic rings. The average molecular weight is 236 g/mol. The van der Waals surface area contributed by atoms with Crippen molar-refractivity contribution < 1.29 is 9.53 Å². The Morgan fingerprint density at radius 3 is 2.82 bits per heavy atom. The number of carbonyl (C=O) groups excluding carboxylic acids is 1. The van der Waals surface area contributed by atoms with E-state index in [0.29, 0.717) is 5.41 Å². The standard InChI is InChI=1S/C15H24O2/c1-10-5-6-13-9-14(17-12(3)16)7-8-15(13,4)11(10)2/h6,10-11,14H,5,7-9H2,1-4H3/t10?,11?,14-,15+/m0/s1. The lowest BCUT2D eigenvalue weighted by Gasteiger charge is -2.48. The molecule has 1 saturated carbocycles. The van der Waals surface area contributed by atoms with Crippen molar-refractivity contribution in [2.45, 2.75) is 59.5 Å². The third kappa shape index (κ3) is 2.27. The van der Waals surface area contributed by atoms with Crippen molar-refractivity contribution in [2.24, 2.45) is 17.3 Å². The molecule has 96 valence electrons. The lowest BCUT2D eigenvalue weighted by atomic mass is 9.57. The van der Waals surface area contributed by atoms with Crippen molar-refractivity contribution in [2.75, 3.05) is 0 Å². The molecule has 2 aliphatic rings. The van der Waals surface area contributed by atoms with Crippen LogP contribution in [-0.4, -0.2) is 12.1 Å². The molecule has 2 aliphatic carbocycles. The van der Waals surface area contributed by atoms with Gasteiger partial charge in [0.25, 0.3) is 0 Å². The number of allylic oxidation sites excluding steroid dienone is 1. The Morgan fingerprint density at radius 1 is 1.47 bits per heavy atom. The van der Waals surface area contributed by atoms with Crippen LogP contribution in [0.3, 0.4) is 0 Å². The number of carbonyl (C=O) groups is 1. The van der Waals surface area contributed by atoms with Crippen LogP contribution in [0.5, 0.6) is 0 Å². The zero-order valence-corrected chi connectivity index (χ0v) is 11.5. The molecule has 0 aromatic heterocycles. The summed E-state index contributed by atoms with van der Waals surface area (Å²) < 4.78 is 5.37. The molecule has 0 amide bonds. The largest absolute Gasteiger partial charge is 0.462 e. The Kier molecular flexibility index (Phi) is 3.33. The SMILES string of the molecule is CC(=O)O[C@H]1CC[C@@]2(C)C(=CCC(C)C2C)C1. The van der Waals surface area contributed by atoms with E-state index in [4.69, 9.17) is 4.74 Å². The van der Waals surface area contributed by atoms with Gasteiger partial charge in [-0.2, -0.15) is 0 Å². The molecule has 0 radical (unpaired) electrons. The Bertz CT molecular complexity index is 345. The summed E-state index contributed by atoms with van der Waals surface area (Å²) in [6, 6.07) is 0. The van der Waals surface area contributed by atoms with Gasteiger partial charge in [-0.15, -0.1) is 0 Å². The number of hydrogen-bond acceptors (Lipinski definition) is 2. The minimum atomic E-state index is -0.142. The summed E-state index contributed by atoms with van der Waals surface area (Å²) >= 11 is 0. The first-order valence-corrected chi connectivity index (χ1v) is 6.80. The van der Waals surface area contributed by atoms with Crippen molar-refractivity contribution in [3.63, 3.8) is 0 Å². The second kappa shape index (κ2) is 4.47. The second-order valence-electron chi connectivity index (χ2n) is 6.12. The van der Waals surface area contributed by atoms with E-state index in [1.54, 1.807) is 0 Å². The minimum absolute atomic E-state index is 0.118. The fourth-order valence-corrected chi connectivity index (χ4v) is 3.53. The van der Waals surface area contributed by atoms with Crippen molar-refractivity contribution >= 4 is 5.97 Å². The molecule has 2 rings (SSSR count). The minimum Gasteiger partial charge on any atom is -0.462 e. The van der Waals surface area contributed by atoms with Crippen LogP contribution in [0.4, 0.5) is 0 Å². The Balaban J connectivity index is 2.13. The van der Waals surface area contributed by atoms with E-state index in [9.17, 15) is 4.79 Å². The molecule has 0 spiro atoms. The molecule has 0 bridgehead atoms. The van der Waals surface area contributed by atoms with E-state index in [0.717, 1.165) is 31.1 Å². The van der Waals surface area contributed by atoms with Crippen LogP contribution in [-0.2, 0) is 9.53 Å². The first-order chi connectivity index (χ1) is 7.93. The van der Waals surface area contributed by atoms with Crippen molar-refractivity contribution in [3.8, 4) is 0 Å². The van der Waals surface area contributed by atoms with Crippen LogP contribution in [0, 0.1) is 17.3 Å². The molecule has 0 aliphatic heterocycles. The van der Waals surface area contributed by atoms with E-state index in [-0.39, 0.29) is 12.1 Å². The zero-order valence-electron chi connectivity index (χ0n) is 11.5.